The van der Waals surface area contributed by atoms with Crippen LogP contribution < -0.4 is 0 Å². The minimum absolute atomic E-state index is 0.150. The van der Waals surface area contributed by atoms with Crippen molar-refractivity contribution in [2.24, 2.45) is 5.92 Å². The second-order valence-electron chi connectivity index (χ2n) is 3.53. The summed E-state index contributed by atoms with van der Waals surface area (Å²) in [6, 6.07) is 8.07. The zero-order chi connectivity index (χ0) is 10.1. The van der Waals surface area contributed by atoms with E-state index < -0.39 is 5.97 Å². The first-order chi connectivity index (χ1) is 6.74. The van der Waals surface area contributed by atoms with Gasteiger partial charge in [-0.25, -0.2) is 0 Å². The van der Waals surface area contributed by atoms with Crippen LogP contribution in [0.25, 0.3) is 0 Å². The molecule has 2 unspecified atom stereocenters. The molecule has 1 aromatic rings. The summed E-state index contributed by atoms with van der Waals surface area (Å²) in [5.41, 5.74) is 1.20. The maximum Gasteiger partial charge on any atom is 0.307 e. The zero-order valence-corrected chi connectivity index (χ0v) is 8.75. The lowest BCUT2D eigenvalue weighted by Gasteiger charge is -2.04. The molecule has 2 rings (SSSR count). The number of benzene rings is 1. The Hall–Kier alpha value is -0.960. The second-order valence-corrected chi connectivity index (χ2v) is 4.38. The van der Waals surface area contributed by atoms with E-state index in [1.54, 1.807) is 11.8 Å². The van der Waals surface area contributed by atoms with Crippen molar-refractivity contribution in [3.8, 4) is 0 Å². The average molecular weight is 208 g/mol. The summed E-state index contributed by atoms with van der Waals surface area (Å²) in [4.78, 5) is 11.9. The maximum atomic E-state index is 10.7. The largest absolute Gasteiger partial charge is 0.481 e. The van der Waals surface area contributed by atoms with E-state index in [0.29, 0.717) is 0 Å². The lowest BCUT2D eigenvalue weighted by atomic mass is 10.1. The van der Waals surface area contributed by atoms with Crippen LogP contribution in [0.3, 0.4) is 0 Å². The molecule has 1 fully saturated rings. The highest BCUT2D eigenvalue weighted by molar-refractivity contribution is 7.98. The fourth-order valence-electron chi connectivity index (χ4n) is 1.78. The van der Waals surface area contributed by atoms with Crippen molar-refractivity contribution in [1.29, 1.82) is 0 Å². The molecule has 0 aliphatic heterocycles. The number of carbonyl (C=O) groups is 1. The van der Waals surface area contributed by atoms with E-state index in [0.717, 1.165) is 6.42 Å². The highest BCUT2D eigenvalue weighted by Gasteiger charge is 2.44. The minimum Gasteiger partial charge on any atom is -0.481 e. The summed E-state index contributed by atoms with van der Waals surface area (Å²) in [5.74, 6) is -0.564. The number of carboxylic acid groups (broad SMARTS) is 1. The predicted molar refractivity (Wildman–Crippen MR) is 56.7 cm³/mol. The van der Waals surface area contributed by atoms with Gasteiger partial charge in [-0.3, -0.25) is 4.79 Å². The van der Waals surface area contributed by atoms with Crippen LogP contribution in [0, 0.1) is 5.92 Å². The van der Waals surface area contributed by atoms with Crippen molar-refractivity contribution in [3.05, 3.63) is 29.8 Å². The molecular formula is C11H12O2S. The molecule has 0 amide bonds. The topological polar surface area (TPSA) is 37.3 Å². The standard InChI is InChI=1S/C11H12O2S/c1-14-10-5-3-2-4-7(10)8-6-9(8)11(12)13/h2-5,8-9H,6H2,1H3,(H,12,13). The molecule has 0 heterocycles. The number of rotatable bonds is 3. The summed E-state index contributed by atoms with van der Waals surface area (Å²) in [5, 5.41) is 8.84. The Bertz CT molecular complexity index is 362. The van der Waals surface area contributed by atoms with Gasteiger partial charge in [0.1, 0.15) is 0 Å². The van der Waals surface area contributed by atoms with E-state index >= 15 is 0 Å². The molecule has 3 heteroatoms. The third-order valence-corrected chi connectivity index (χ3v) is 3.46. The third kappa shape index (κ3) is 1.64. The van der Waals surface area contributed by atoms with Crippen molar-refractivity contribution in [1.82, 2.24) is 0 Å². The monoisotopic (exact) mass is 208 g/mol. The molecule has 1 aromatic carbocycles. The molecule has 2 atom stereocenters. The molecule has 2 nitrogen and oxygen atoms in total. The van der Waals surface area contributed by atoms with Gasteiger partial charge in [0.15, 0.2) is 0 Å². The van der Waals surface area contributed by atoms with Gasteiger partial charge in [0.25, 0.3) is 0 Å². The Morgan fingerprint density at radius 3 is 2.79 bits per heavy atom. The smallest absolute Gasteiger partial charge is 0.307 e. The van der Waals surface area contributed by atoms with Crippen molar-refractivity contribution < 1.29 is 9.90 Å². The van der Waals surface area contributed by atoms with E-state index in [4.69, 9.17) is 5.11 Å². The summed E-state index contributed by atoms with van der Waals surface area (Å²) in [6.45, 7) is 0. The van der Waals surface area contributed by atoms with Crippen molar-refractivity contribution in [3.63, 3.8) is 0 Å². The van der Waals surface area contributed by atoms with Gasteiger partial charge in [0, 0.05) is 4.90 Å². The number of thioether (sulfide) groups is 1. The Morgan fingerprint density at radius 1 is 1.50 bits per heavy atom. The van der Waals surface area contributed by atoms with Crippen LogP contribution in [-0.4, -0.2) is 17.3 Å². The fraction of sp³-hybridized carbons (Fsp3) is 0.364. The van der Waals surface area contributed by atoms with Crippen LogP contribution in [0.15, 0.2) is 29.2 Å². The summed E-state index contributed by atoms with van der Waals surface area (Å²) >= 11 is 1.68. The van der Waals surface area contributed by atoms with E-state index in [1.165, 1.54) is 10.5 Å². The normalized spacial score (nSPS) is 24.6. The van der Waals surface area contributed by atoms with Crippen molar-refractivity contribution >= 4 is 17.7 Å². The van der Waals surface area contributed by atoms with Gasteiger partial charge in [-0.1, -0.05) is 18.2 Å². The molecule has 74 valence electrons. The van der Waals surface area contributed by atoms with Gasteiger partial charge in [0.2, 0.25) is 0 Å². The number of hydrogen-bond donors (Lipinski definition) is 1. The van der Waals surface area contributed by atoms with E-state index in [-0.39, 0.29) is 11.8 Å². The maximum absolute atomic E-state index is 10.7. The first kappa shape index (κ1) is 9.59. The van der Waals surface area contributed by atoms with Gasteiger partial charge < -0.3 is 5.11 Å². The summed E-state index contributed by atoms with van der Waals surface area (Å²) in [7, 11) is 0. The number of hydrogen-bond acceptors (Lipinski definition) is 2. The van der Waals surface area contributed by atoms with Gasteiger partial charge in [-0.05, 0) is 30.2 Å². The van der Waals surface area contributed by atoms with Crippen molar-refractivity contribution in [2.45, 2.75) is 17.2 Å². The van der Waals surface area contributed by atoms with Gasteiger partial charge >= 0.3 is 5.97 Å². The van der Waals surface area contributed by atoms with Crippen LogP contribution in [0.5, 0.6) is 0 Å². The van der Waals surface area contributed by atoms with Gasteiger partial charge in [-0.2, -0.15) is 0 Å². The van der Waals surface area contributed by atoms with Crippen molar-refractivity contribution in [2.75, 3.05) is 6.26 Å². The lowest BCUT2D eigenvalue weighted by molar-refractivity contribution is -0.138. The molecule has 1 N–H and O–H groups in total. The minimum atomic E-state index is -0.661. The molecule has 0 spiro atoms. The van der Waals surface area contributed by atoms with Crippen LogP contribution in [0.2, 0.25) is 0 Å². The number of carboxylic acids is 1. The SMILES string of the molecule is CSc1ccccc1C1CC1C(=O)O. The van der Waals surface area contributed by atoms with Gasteiger partial charge in [0.05, 0.1) is 5.92 Å². The van der Waals surface area contributed by atoms with Crippen LogP contribution in [0.1, 0.15) is 17.9 Å². The molecule has 0 bridgehead atoms. The second kappa shape index (κ2) is 3.65. The first-order valence-electron chi connectivity index (χ1n) is 4.59. The zero-order valence-electron chi connectivity index (χ0n) is 7.93. The fourth-order valence-corrected chi connectivity index (χ4v) is 2.45. The molecule has 0 saturated heterocycles. The highest BCUT2D eigenvalue weighted by atomic mass is 32.2. The lowest BCUT2D eigenvalue weighted by Crippen LogP contribution is -1.99. The Labute approximate surface area is 87.3 Å². The molecule has 1 aliphatic carbocycles. The Kier molecular flexibility index (Phi) is 2.50. The van der Waals surface area contributed by atoms with Crippen LogP contribution in [0.4, 0.5) is 0 Å². The molecule has 0 aromatic heterocycles. The Morgan fingerprint density at radius 2 is 2.21 bits per heavy atom. The average Bonchev–Trinajstić information content (AvgIpc) is 2.97. The Balaban J connectivity index is 2.22. The highest BCUT2D eigenvalue weighted by Crippen LogP contribution is 2.49. The predicted octanol–water partition coefficient (Wildman–Crippen LogP) is 2.60. The van der Waals surface area contributed by atoms with E-state index in [9.17, 15) is 4.79 Å². The van der Waals surface area contributed by atoms with E-state index in [2.05, 4.69) is 6.07 Å². The molecule has 0 radical (unpaired) electrons. The quantitative estimate of drug-likeness (QED) is 0.776. The molecule has 14 heavy (non-hydrogen) atoms. The van der Waals surface area contributed by atoms with E-state index in [1.807, 2.05) is 24.5 Å². The summed E-state index contributed by atoms with van der Waals surface area (Å²) in [6.07, 6.45) is 2.82. The first-order valence-corrected chi connectivity index (χ1v) is 5.82. The molecular weight excluding hydrogens is 196 g/mol. The molecule has 1 saturated carbocycles. The van der Waals surface area contributed by atoms with Crippen LogP contribution >= 0.6 is 11.8 Å². The van der Waals surface area contributed by atoms with Gasteiger partial charge in [-0.15, -0.1) is 11.8 Å². The number of aliphatic carboxylic acids is 1. The van der Waals surface area contributed by atoms with Crippen LogP contribution in [-0.2, 0) is 4.79 Å². The molecule has 1 aliphatic rings. The third-order valence-electron chi connectivity index (χ3n) is 2.65. The summed E-state index contributed by atoms with van der Waals surface area (Å²) < 4.78 is 0.